The van der Waals surface area contributed by atoms with Crippen molar-refractivity contribution in [2.75, 3.05) is 0 Å². The number of aryl methyl sites for hydroxylation is 2. The van der Waals surface area contributed by atoms with E-state index >= 15 is 0 Å². The van der Waals surface area contributed by atoms with Crippen LogP contribution in [0.1, 0.15) is 28.0 Å². The molecule has 2 aromatic heterocycles. The molecule has 2 heterocycles. The van der Waals surface area contributed by atoms with Crippen LogP contribution in [0, 0.1) is 0 Å². The molecule has 0 radical (unpaired) electrons. The summed E-state index contributed by atoms with van der Waals surface area (Å²) in [6.45, 7) is 2.03. The van der Waals surface area contributed by atoms with Crippen molar-refractivity contribution >= 4 is 17.1 Å². The highest BCUT2D eigenvalue weighted by atomic mass is 32.1. The molecule has 84 valence electrons. The van der Waals surface area contributed by atoms with Crippen molar-refractivity contribution in [2.45, 2.75) is 19.8 Å². The fourth-order valence-electron chi connectivity index (χ4n) is 1.54. The minimum Gasteiger partial charge on any atom is -0.292 e. The molecular formula is C11H13N3OS. The van der Waals surface area contributed by atoms with Crippen LogP contribution in [-0.2, 0) is 19.9 Å². The number of rotatable bonds is 4. The van der Waals surface area contributed by atoms with Crippen molar-refractivity contribution in [3.05, 3.63) is 34.0 Å². The predicted molar refractivity (Wildman–Crippen MR) is 62.7 cm³/mol. The number of Topliss-reactive ketones (excluding diaryl/α,β-unsaturated/α-hetero) is 1. The predicted octanol–water partition coefficient (Wildman–Crippen LogP) is 1.86. The molecule has 0 unspecified atom stereocenters. The first-order chi connectivity index (χ1) is 7.70. The molecular weight excluding hydrogens is 222 g/mol. The number of ketones is 1. The highest BCUT2D eigenvalue weighted by Gasteiger charge is 2.13. The molecule has 0 spiro atoms. The van der Waals surface area contributed by atoms with Crippen LogP contribution >= 0.6 is 11.3 Å². The van der Waals surface area contributed by atoms with E-state index in [0.717, 1.165) is 17.0 Å². The number of nitrogens with zero attached hydrogens (tertiary/aromatic N) is 3. The van der Waals surface area contributed by atoms with Crippen LogP contribution in [0.4, 0.5) is 0 Å². The summed E-state index contributed by atoms with van der Waals surface area (Å²) in [5, 5.41) is 4.26. The Kier molecular flexibility index (Phi) is 3.14. The van der Waals surface area contributed by atoms with Gasteiger partial charge in [-0.25, -0.2) is 0 Å². The van der Waals surface area contributed by atoms with E-state index in [-0.39, 0.29) is 5.78 Å². The summed E-state index contributed by atoms with van der Waals surface area (Å²) in [4.78, 5) is 16.9. The van der Waals surface area contributed by atoms with E-state index in [2.05, 4.69) is 10.1 Å². The van der Waals surface area contributed by atoms with Crippen molar-refractivity contribution in [1.82, 2.24) is 14.8 Å². The molecule has 0 atom stereocenters. The average Bonchev–Trinajstić information content (AvgIpc) is 2.87. The second-order valence-electron chi connectivity index (χ2n) is 3.57. The molecule has 0 N–H and O–H groups in total. The topological polar surface area (TPSA) is 47.8 Å². The Morgan fingerprint density at radius 1 is 1.56 bits per heavy atom. The van der Waals surface area contributed by atoms with E-state index < -0.39 is 0 Å². The Morgan fingerprint density at radius 3 is 2.94 bits per heavy atom. The quantitative estimate of drug-likeness (QED) is 0.760. The molecule has 0 aliphatic rings. The molecule has 5 heteroatoms. The van der Waals surface area contributed by atoms with E-state index in [1.54, 1.807) is 23.4 Å². The van der Waals surface area contributed by atoms with Crippen LogP contribution in [-0.4, -0.2) is 20.5 Å². The molecule has 2 rings (SSSR count). The number of carbonyl (C=O) groups excluding carboxylic acids is 1. The highest BCUT2D eigenvalue weighted by Crippen LogP contribution is 2.12. The average molecular weight is 235 g/mol. The summed E-state index contributed by atoms with van der Waals surface area (Å²) in [5.74, 6) is 0.0963. The van der Waals surface area contributed by atoms with E-state index in [0.29, 0.717) is 12.1 Å². The third-order valence-corrected chi connectivity index (χ3v) is 3.18. The van der Waals surface area contributed by atoms with Gasteiger partial charge < -0.3 is 0 Å². The van der Waals surface area contributed by atoms with Crippen LogP contribution < -0.4 is 0 Å². The molecule has 0 aromatic carbocycles. The standard InChI is InChI=1S/C11H13N3OS/c1-3-8-4-10(14(2)13-8)11(15)5-9-6-12-7-16-9/h4,6-7H,3,5H2,1-2H3. The summed E-state index contributed by atoms with van der Waals surface area (Å²) >= 11 is 1.50. The van der Waals surface area contributed by atoms with Crippen LogP contribution in [0.3, 0.4) is 0 Å². The van der Waals surface area contributed by atoms with Crippen LogP contribution in [0.15, 0.2) is 17.8 Å². The molecule has 0 aliphatic carbocycles. The molecule has 0 saturated carbocycles. The summed E-state index contributed by atoms with van der Waals surface area (Å²) in [6.07, 6.45) is 2.99. The smallest absolute Gasteiger partial charge is 0.186 e. The normalized spacial score (nSPS) is 10.6. The minimum atomic E-state index is 0.0963. The zero-order valence-electron chi connectivity index (χ0n) is 9.30. The van der Waals surface area contributed by atoms with E-state index in [9.17, 15) is 4.79 Å². The Bertz CT molecular complexity index is 487. The molecule has 4 nitrogen and oxygen atoms in total. The van der Waals surface area contributed by atoms with Gasteiger partial charge in [0.25, 0.3) is 0 Å². The Morgan fingerprint density at radius 2 is 2.38 bits per heavy atom. The molecule has 0 aliphatic heterocycles. The van der Waals surface area contributed by atoms with Crippen molar-refractivity contribution in [2.24, 2.45) is 7.05 Å². The molecule has 0 bridgehead atoms. The van der Waals surface area contributed by atoms with Crippen LogP contribution in [0.25, 0.3) is 0 Å². The molecule has 2 aromatic rings. The van der Waals surface area contributed by atoms with E-state index in [4.69, 9.17) is 0 Å². The van der Waals surface area contributed by atoms with Crippen molar-refractivity contribution in [3.8, 4) is 0 Å². The number of hydrogen-bond donors (Lipinski definition) is 0. The van der Waals surface area contributed by atoms with E-state index in [1.807, 2.05) is 13.0 Å². The van der Waals surface area contributed by atoms with Crippen molar-refractivity contribution in [1.29, 1.82) is 0 Å². The van der Waals surface area contributed by atoms with Gasteiger partial charge in [-0.1, -0.05) is 6.92 Å². The van der Waals surface area contributed by atoms with Gasteiger partial charge in [0.1, 0.15) is 5.69 Å². The van der Waals surface area contributed by atoms with Gasteiger partial charge in [0, 0.05) is 24.5 Å². The number of aromatic nitrogens is 3. The van der Waals surface area contributed by atoms with Crippen LogP contribution in [0.5, 0.6) is 0 Å². The lowest BCUT2D eigenvalue weighted by Gasteiger charge is -1.98. The lowest BCUT2D eigenvalue weighted by molar-refractivity contribution is 0.0985. The monoisotopic (exact) mass is 235 g/mol. The Hall–Kier alpha value is -1.49. The largest absolute Gasteiger partial charge is 0.292 e. The minimum absolute atomic E-state index is 0.0963. The number of thiazole rings is 1. The maximum absolute atomic E-state index is 12.0. The van der Waals surface area contributed by atoms with Gasteiger partial charge in [0.05, 0.1) is 11.2 Å². The number of carbonyl (C=O) groups is 1. The second-order valence-corrected chi connectivity index (χ2v) is 4.54. The molecule has 0 saturated heterocycles. The van der Waals surface area contributed by atoms with Crippen molar-refractivity contribution in [3.63, 3.8) is 0 Å². The summed E-state index contributed by atoms with van der Waals surface area (Å²) < 4.78 is 1.65. The van der Waals surface area contributed by atoms with Gasteiger partial charge in [-0.2, -0.15) is 5.10 Å². The first kappa shape index (κ1) is 11.0. The van der Waals surface area contributed by atoms with Gasteiger partial charge in [-0.05, 0) is 12.5 Å². The van der Waals surface area contributed by atoms with Crippen LogP contribution in [0.2, 0.25) is 0 Å². The summed E-state index contributed by atoms with van der Waals surface area (Å²) in [7, 11) is 1.80. The fourth-order valence-corrected chi connectivity index (χ4v) is 2.13. The Balaban J connectivity index is 2.17. The van der Waals surface area contributed by atoms with Gasteiger partial charge in [0.2, 0.25) is 0 Å². The lowest BCUT2D eigenvalue weighted by Crippen LogP contribution is -2.08. The van der Waals surface area contributed by atoms with Gasteiger partial charge in [-0.15, -0.1) is 11.3 Å². The first-order valence-electron chi connectivity index (χ1n) is 5.14. The van der Waals surface area contributed by atoms with Crippen molar-refractivity contribution < 1.29 is 4.79 Å². The highest BCUT2D eigenvalue weighted by molar-refractivity contribution is 7.09. The third-order valence-electron chi connectivity index (χ3n) is 2.40. The maximum atomic E-state index is 12.0. The molecule has 16 heavy (non-hydrogen) atoms. The SMILES string of the molecule is CCc1cc(C(=O)Cc2cncs2)n(C)n1. The van der Waals surface area contributed by atoms with Gasteiger partial charge in [-0.3, -0.25) is 14.5 Å². The third kappa shape index (κ3) is 2.19. The maximum Gasteiger partial charge on any atom is 0.186 e. The molecule has 0 fully saturated rings. The lowest BCUT2D eigenvalue weighted by atomic mass is 10.2. The molecule has 0 amide bonds. The second kappa shape index (κ2) is 4.57. The summed E-state index contributed by atoms with van der Waals surface area (Å²) in [5.41, 5.74) is 3.36. The zero-order chi connectivity index (χ0) is 11.5. The number of hydrogen-bond acceptors (Lipinski definition) is 4. The first-order valence-corrected chi connectivity index (χ1v) is 6.02. The van der Waals surface area contributed by atoms with E-state index in [1.165, 1.54) is 11.3 Å². The van der Waals surface area contributed by atoms with Gasteiger partial charge >= 0.3 is 0 Å². The fraction of sp³-hybridized carbons (Fsp3) is 0.364. The summed E-state index contributed by atoms with van der Waals surface area (Å²) in [6, 6.07) is 1.86. The zero-order valence-corrected chi connectivity index (χ0v) is 10.1. The van der Waals surface area contributed by atoms with Gasteiger partial charge in [0.15, 0.2) is 5.78 Å². The Labute approximate surface area is 97.9 Å².